The molecule has 1 rings (SSSR count). The molecule has 6 heteroatoms. The van der Waals surface area contributed by atoms with Crippen LogP contribution in [0.4, 0.5) is 0 Å². The smallest absolute Gasteiger partial charge is 0.147 e. The Kier molecular flexibility index (Phi) is 6.00. The van der Waals surface area contributed by atoms with Crippen LogP contribution in [0.25, 0.3) is 0 Å². The van der Waals surface area contributed by atoms with Gasteiger partial charge in [0.25, 0.3) is 0 Å². The summed E-state index contributed by atoms with van der Waals surface area (Å²) in [6, 6.07) is 0. The highest BCUT2D eigenvalue weighted by atomic mass is 16.7. The lowest BCUT2D eigenvalue weighted by Crippen LogP contribution is -2.33. The molecule has 0 amide bonds. The molecule has 0 bridgehead atoms. The van der Waals surface area contributed by atoms with Crippen molar-refractivity contribution in [1.82, 2.24) is 0 Å². The van der Waals surface area contributed by atoms with Crippen molar-refractivity contribution >= 4 is 0 Å². The quantitative estimate of drug-likeness (QED) is 0.528. The third kappa shape index (κ3) is 4.32. The van der Waals surface area contributed by atoms with Crippen LogP contribution in [0.3, 0.4) is 0 Å². The van der Waals surface area contributed by atoms with E-state index in [2.05, 4.69) is 0 Å². The fourth-order valence-corrected chi connectivity index (χ4v) is 0.957. The lowest BCUT2D eigenvalue weighted by atomic mass is 10.4. The first kappa shape index (κ1) is 11.8. The Labute approximate surface area is 82.3 Å². The Balaban J connectivity index is 2.01. The summed E-state index contributed by atoms with van der Waals surface area (Å²) in [5.41, 5.74) is 0. The molecule has 6 nitrogen and oxygen atoms in total. The number of ether oxygens (including phenoxy) is 4. The van der Waals surface area contributed by atoms with Crippen LogP contribution in [-0.2, 0) is 18.9 Å². The molecule has 0 aromatic heterocycles. The Morgan fingerprint density at radius 2 is 1.86 bits per heavy atom. The maximum absolute atomic E-state index is 8.67. The summed E-state index contributed by atoms with van der Waals surface area (Å²) >= 11 is 0. The molecule has 1 aliphatic rings. The zero-order valence-electron chi connectivity index (χ0n) is 7.92. The summed E-state index contributed by atoms with van der Waals surface area (Å²) in [6.07, 6.45) is -0.720. The number of rotatable bonds is 6. The van der Waals surface area contributed by atoms with E-state index in [-0.39, 0.29) is 26.1 Å². The molecule has 1 heterocycles. The number of hydrogen-bond acceptors (Lipinski definition) is 6. The minimum absolute atomic E-state index is 0.0170. The average molecular weight is 208 g/mol. The fourth-order valence-electron chi connectivity index (χ4n) is 0.957. The van der Waals surface area contributed by atoms with E-state index >= 15 is 0 Å². The third-order valence-electron chi connectivity index (χ3n) is 1.79. The van der Waals surface area contributed by atoms with Crippen LogP contribution in [0.5, 0.6) is 0 Å². The summed E-state index contributed by atoms with van der Waals surface area (Å²) in [6.45, 7) is 0.827. The van der Waals surface area contributed by atoms with Gasteiger partial charge in [0.1, 0.15) is 25.8 Å². The number of aliphatic hydroxyl groups is 2. The third-order valence-corrected chi connectivity index (χ3v) is 1.79. The normalized spacial score (nSPS) is 19.1. The molecule has 0 saturated carbocycles. The molecule has 1 saturated heterocycles. The molecule has 14 heavy (non-hydrogen) atoms. The lowest BCUT2D eigenvalue weighted by Gasteiger charge is -2.23. The summed E-state index contributed by atoms with van der Waals surface area (Å²) in [7, 11) is 0. The second-order valence-electron chi connectivity index (χ2n) is 2.92. The average Bonchev–Trinajstić information content (AvgIpc) is 2.26. The van der Waals surface area contributed by atoms with Gasteiger partial charge in [-0.25, -0.2) is 0 Å². The molecular formula is C8H16O6. The van der Waals surface area contributed by atoms with E-state index in [9.17, 15) is 0 Å². The van der Waals surface area contributed by atoms with E-state index < -0.39 is 6.10 Å². The van der Waals surface area contributed by atoms with Crippen LogP contribution in [0.15, 0.2) is 0 Å². The van der Waals surface area contributed by atoms with E-state index in [1.54, 1.807) is 0 Å². The van der Waals surface area contributed by atoms with Crippen LogP contribution >= 0.6 is 0 Å². The van der Waals surface area contributed by atoms with Crippen LogP contribution in [0.2, 0.25) is 0 Å². The monoisotopic (exact) mass is 208 g/mol. The maximum atomic E-state index is 8.67. The first-order valence-corrected chi connectivity index (χ1v) is 4.47. The van der Waals surface area contributed by atoms with E-state index in [1.807, 2.05) is 0 Å². The Morgan fingerprint density at radius 3 is 2.43 bits per heavy atom. The SMILES string of the molecule is OCC(CO)OCOC1COCOC1. The van der Waals surface area contributed by atoms with Crippen molar-refractivity contribution in [3.8, 4) is 0 Å². The highest BCUT2D eigenvalue weighted by Gasteiger charge is 2.15. The van der Waals surface area contributed by atoms with Gasteiger partial charge >= 0.3 is 0 Å². The van der Waals surface area contributed by atoms with E-state index in [0.29, 0.717) is 20.0 Å². The largest absolute Gasteiger partial charge is 0.394 e. The lowest BCUT2D eigenvalue weighted by molar-refractivity contribution is -0.206. The van der Waals surface area contributed by atoms with Gasteiger partial charge in [0.2, 0.25) is 0 Å². The fraction of sp³-hybridized carbons (Fsp3) is 1.00. The van der Waals surface area contributed by atoms with Crippen molar-refractivity contribution in [2.45, 2.75) is 12.2 Å². The molecule has 0 radical (unpaired) electrons. The molecule has 1 fully saturated rings. The van der Waals surface area contributed by atoms with Gasteiger partial charge in [-0.1, -0.05) is 0 Å². The topological polar surface area (TPSA) is 77.4 Å². The first-order valence-electron chi connectivity index (χ1n) is 4.47. The molecule has 0 atom stereocenters. The second kappa shape index (κ2) is 7.10. The zero-order chi connectivity index (χ0) is 10.2. The minimum Gasteiger partial charge on any atom is -0.394 e. The highest BCUT2D eigenvalue weighted by molar-refractivity contribution is 4.57. The van der Waals surface area contributed by atoms with Gasteiger partial charge in [0, 0.05) is 0 Å². The molecule has 2 N–H and O–H groups in total. The van der Waals surface area contributed by atoms with Crippen LogP contribution < -0.4 is 0 Å². The van der Waals surface area contributed by atoms with Gasteiger partial charge in [0.15, 0.2) is 0 Å². The van der Waals surface area contributed by atoms with Gasteiger partial charge in [-0.2, -0.15) is 0 Å². The van der Waals surface area contributed by atoms with Crippen molar-refractivity contribution < 1.29 is 29.2 Å². The van der Waals surface area contributed by atoms with E-state index in [4.69, 9.17) is 29.2 Å². The molecule has 1 aliphatic heterocycles. The van der Waals surface area contributed by atoms with Gasteiger partial charge in [-0.3, -0.25) is 0 Å². The van der Waals surface area contributed by atoms with E-state index in [1.165, 1.54) is 0 Å². The summed E-state index contributed by atoms with van der Waals surface area (Å²) in [5, 5.41) is 17.3. The molecule has 0 aromatic carbocycles. The minimum atomic E-state index is -0.583. The second-order valence-corrected chi connectivity index (χ2v) is 2.92. The summed E-state index contributed by atoms with van der Waals surface area (Å²) in [4.78, 5) is 0. The number of aliphatic hydroxyl groups excluding tert-OH is 2. The predicted octanol–water partition coefficient (Wildman–Crippen LogP) is -1.30. The molecule has 0 unspecified atom stereocenters. The molecule has 0 aromatic rings. The van der Waals surface area contributed by atoms with Crippen LogP contribution in [0.1, 0.15) is 0 Å². The maximum Gasteiger partial charge on any atom is 0.147 e. The van der Waals surface area contributed by atoms with Gasteiger partial charge < -0.3 is 29.2 Å². The summed E-state index contributed by atoms with van der Waals surface area (Å²) in [5.74, 6) is 0. The number of hydrogen-bond donors (Lipinski definition) is 2. The van der Waals surface area contributed by atoms with E-state index in [0.717, 1.165) is 0 Å². The molecule has 0 aliphatic carbocycles. The van der Waals surface area contributed by atoms with Gasteiger partial charge in [-0.05, 0) is 0 Å². The van der Waals surface area contributed by atoms with Crippen molar-refractivity contribution in [3.63, 3.8) is 0 Å². The van der Waals surface area contributed by atoms with Crippen LogP contribution in [-0.4, -0.2) is 62.4 Å². The van der Waals surface area contributed by atoms with Crippen LogP contribution in [0, 0.1) is 0 Å². The van der Waals surface area contributed by atoms with Gasteiger partial charge in [0.05, 0.1) is 26.4 Å². The van der Waals surface area contributed by atoms with Gasteiger partial charge in [-0.15, -0.1) is 0 Å². The summed E-state index contributed by atoms with van der Waals surface area (Å²) < 4.78 is 20.2. The molecule has 0 spiro atoms. The van der Waals surface area contributed by atoms with Crippen molar-refractivity contribution in [1.29, 1.82) is 0 Å². The first-order chi connectivity index (χ1) is 6.86. The van der Waals surface area contributed by atoms with Crippen molar-refractivity contribution in [2.24, 2.45) is 0 Å². The predicted molar refractivity (Wildman–Crippen MR) is 45.6 cm³/mol. The molecular weight excluding hydrogens is 192 g/mol. The molecule has 84 valence electrons. The van der Waals surface area contributed by atoms with Crippen molar-refractivity contribution in [3.05, 3.63) is 0 Å². The Hall–Kier alpha value is -0.240. The zero-order valence-corrected chi connectivity index (χ0v) is 7.92. The standard InChI is InChI=1S/C8H16O6/c9-1-7(2-10)13-6-14-8-3-11-5-12-4-8/h7-10H,1-6H2. The Bertz CT molecular complexity index is 132. The Morgan fingerprint density at radius 1 is 1.21 bits per heavy atom. The van der Waals surface area contributed by atoms with Crippen molar-refractivity contribution in [2.75, 3.05) is 40.0 Å². The highest BCUT2D eigenvalue weighted by Crippen LogP contribution is 2.02.